The zero-order chi connectivity index (χ0) is 14.9. The molecule has 21 heavy (non-hydrogen) atoms. The number of ether oxygens (including phenoxy) is 1. The Balaban J connectivity index is 1.86. The molecule has 2 aromatic rings. The Kier molecular flexibility index (Phi) is 3.65. The smallest absolute Gasteiger partial charge is 0.172 e. The van der Waals surface area contributed by atoms with Crippen LogP contribution < -0.4 is 10.6 Å². The fraction of sp³-hybridized carbons (Fsp3) is 0.467. The molecule has 0 radical (unpaired) electrons. The number of fused-ring (bicyclic) bond motifs is 1. The number of anilines is 2. The van der Waals surface area contributed by atoms with Crippen LogP contribution in [0.1, 0.15) is 12.8 Å². The summed E-state index contributed by atoms with van der Waals surface area (Å²) in [5.41, 5.74) is 6.83. The highest BCUT2D eigenvalue weighted by atomic mass is 16.5. The van der Waals surface area contributed by atoms with Crippen molar-refractivity contribution in [3.05, 3.63) is 24.3 Å². The van der Waals surface area contributed by atoms with Gasteiger partial charge in [-0.2, -0.15) is 0 Å². The van der Waals surface area contributed by atoms with E-state index in [0.717, 1.165) is 11.0 Å². The summed E-state index contributed by atoms with van der Waals surface area (Å²) in [5, 5.41) is 10.6. The van der Waals surface area contributed by atoms with Crippen molar-refractivity contribution in [1.29, 1.82) is 0 Å². The van der Waals surface area contributed by atoms with Gasteiger partial charge in [0.15, 0.2) is 11.6 Å². The molecule has 112 valence electrons. The van der Waals surface area contributed by atoms with Crippen LogP contribution in [-0.4, -0.2) is 47.5 Å². The molecule has 0 saturated carbocycles. The summed E-state index contributed by atoms with van der Waals surface area (Å²) in [6.45, 7) is 1.64. The van der Waals surface area contributed by atoms with E-state index in [4.69, 9.17) is 10.5 Å². The molecule has 2 heterocycles. The third-order valence-corrected chi connectivity index (χ3v) is 3.89. The van der Waals surface area contributed by atoms with Gasteiger partial charge in [-0.15, -0.1) is 0 Å². The van der Waals surface area contributed by atoms with Crippen LogP contribution in [0.3, 0.4) is 0 Å². The van der Waals surface area contributed by atoms with Crippen LogP contribution in [0.2, 0.25) is 0 Å². The highest BCUT2D eigenvalue weighted by molar-refractivity contribution is 5.79. The highest BCUT2D eigenvalue weighted by Gasteiger charge is 2.32. The van der Waals surface area contributed by atoms with E-state index in [0.29, 0.717) is 44.2 Å². The molecule has 0 atom stereocenters. The summed E-state index contributed by atoms with van der Waals surface area (Å²) in [6, 6.07) is 7.62. The summed E-state index contributed by atoms with van der Waals surface area (Å²) in [6.07, 6.45) is 1.25. The van der Waals surface area contributed by atoms with Gasteiger partial charge < -0.3 is 20.5 Å². The van der Waals surface area contributed by atoms with Crippen molar-refractivity contribution in [3.63, 3.8) is 0 Å². The lowest BCUT2D eigenvalue weighted by atomic mass is 9.94. The summed E-state index contributed by atoms with van der Waals surface area (Å²) < 4.78 is 5.30. The zero-order valence-electron chi connectivity index (χ0n) is 12.1. The van der Waals surface area contributed by atoms with Crippen LogP contribution in [-0.2, 0) is 4.74 Å². The standard InChI is InChI=1S/C15H20N4O2/c1-19(10-15(20)6-8-21-9-7-15)14-13(16)17-11-4-2-3-5-12(11)18-14/h2-5,20H,6-10H2,1H3,(H2,16,17). The molecule has 0 aliphatic carbocycles. The first kappa shape index (κ1) is 14.0. The molecular weight excluding hydrogens is 268 g/mol. The highest BCUT2D eigenvalue weighted by Crippen LogP contribution is 2.26. The monoisotopic (exact) mass is 288 g/mol. The number of nitrogens with zero attached hydrogens (tertiary/aromatic N) is 3. The molecule has 1 saturated heterocycles. The van der Waals surface area contributed by atoms with Crippen LogP contribution in [0.5, 0.6) is 0 Å². The van der Waals surface area contributed by atoms with Crippen LogP contribution in [0, 0.1) is 0 Å². The van der Waals surface area contributed by atoms with E-state index in [2.05, 4.69) is 9.97 Å². The maximum atomic E-state index is 10.6. The van der Waals surface area contributed by atoms with Crippen LogP contribution in [0.4, 0.5) is 11.6 Å². The molecule has 1 aliphatic rings. The van der Waals surface area contributed by atoms with E-state index in [1.54, 1.807) is 0 Å². The average Bonchev–Trinajstić information content (AvgIpc) is 2.46. The molecular formula is C15H20N4O2. The van der Waals surface area contributed by atoms with Gasteiger partial charge in [0.05, 0.1) is 16.6 Å². The zero-order valence-corrected chi connectivity index (χ0v) is 12.1. The lowest BCUT2D eigenvalue weighted by Crippen LogP contribution is -2.46. The second-order valence-corrected chi connectivity index (χ2v) is 5.61. The lowest BCUT2D eigenvalue weighted by molar-refractivity contribution is -0.0573. The van der Waals surface area contributed by atoms with E-state index >= 15 is 0 Å². The minimum absolute atomic E-state index is 0.381. The van der Waals surface area contributed by atoms with E-state index in [1.807, 2.05) is 36.2 Å². The maximum absolute atomic E-state index is 10.6. The number of para-hydroxylation sites is 2. The molecule has 0 bridgehead atoms. The first-order chi connectivity index (χ1) is 10.1. The quantitative estimate of drug-likeness (QED) is 0.882. The third kappa shape index (κ3) is 2.91. The summed E-state index contributed by atoms with van der Waals surface area (Å²) in [7, 11) is 1.88. The van der Waals surface area contributed by atoms with Gasteiger partial charge in [-0.3, -0.25) is 0 Å². The molecule has 1 aliphatic heterocycles. The van der Waals surface area contributed by atoms with Crippen molar-refractivity contribution in [2.45, 2.75) is 18.4 Å². The molecule has 1 aromatic carbocycles. The molecule has 3 rings (SSSR count). The summed E-state index contributed by atoms with van der Waals surface area (Å²) >= 11 is 0. The average molecular weight is 288 g/mol. The Morgan fingerprint density at radius 2 is 1.86 bits per heavy atom. The molecule has 0 amide bonds. The topological polar surface area (TPSA) is 84.5 Å². The van der Waals surface area contributed by atoms with Crippen LogP contribution >= 0.6 is 0 Å². The van der Waals surface area contributed by atoms with Gasteiger partial charge in [-0.1, -0.05) is 12.1 Å². The van der Waals surface area contributed by atoms with Crippen molar-refractivity contribution in [2.75, 3.05) is 37.4 Å². The van der Waals surface area contributed by atoms with Gasteiger partial charge in [0.1, 0.15) is 0 Å². The van der Waals surface area contributed by atoms with Gasteiger partial charge in [0.2, 0.25) is 0 Å². The predicted octanol–water partition coefficient (Wildman–Crippen LogP) is 1.19. The Morgan fingerprint density at radius 3 is 2.52 bits per heavy atom. The van der Waals surface area contributed by atoms with Crippen molar-refractivity contribution in [1.82, 2.24) is 9.97 Å². The minimum Gasteiger partial charge on any atom is -0.388 e. The molecule has 6 heteroatoms. The van der Waals surface area contributed by atoms with Crippen molar-refractivity contribution in [3.8, 4) is 0 Å². The van der Waals surface area contributed by atoms with Crippen molar-refractivity contribution < 1.29 is 9.84 Å². The Hall–Kier alpha value is -1.92. The van der Waals surface area contributed by atoms with Crippen LogP contribution in [0.15, 0.2) is 24.3 Å². The third-order valence-electron chi connectivity index (χ3n) is 3.89. The molecule has 0 unspecified atom stereocenters. The Bertz CT molecular complexity index is 641. The second kappa shape index (κ2) is 5.46. The van der Waals surface area contributed by atoms with Gasteiger partial charge >= 0.3 is 0 Å². The number of likely N-dealkylation sites (N-methyl/N-ethyl adjacent to an activating group) is 1. The second-order valence-electron chi connectivity index (χ2n) is 5.61. The number of hydrogen-bond acceptors (Lipinski definition) is 6. The summed E-state index contributed by atoms with van der Waals surface area (Å²) in [4.78, 5) is 10.8. The predicted molar refractivity (Wildman–Crippen MR) is 82.2 cm³/mol. The van der Waals surface area contributed by atoms with Gasteiger partial charge in [-0.25, -0.2) is 9.97 Å². The maximum Gasteiger partial charge on any atom is 0.172 e. The Labute approximate surface area is 123 Å². The van der Waals surface area contributed by atoms with Gasteiger partial charge in [0.25, 0.3) is 0 Å². The number of rotatable bonds is 3. The molecule has 3 N–H and O–H groups in total. The number of nitrogen functional groups attached to an aromatic ring is 1. The number of aliphatic hydroxyl groups is 1. The fourth-order valence-electron chi connectivity index (χ4n) is 2.71. The molecule has 1 aromatic heterocycles. The first-order valence-corrected chi connectivity index (χ1v) is 7.11. The fourth-order valence-corrected chi connectivity index (χ4v) is 2.71. The minimum atomic E-state index is -0.757. The van der Waals surface area contributed by atoms with E-state index in [-0.39, 0.29) is 0 Å². The molecule has 6 nitrogen and oxygen atoms in total. The summed E-state index contributed by atoms with van der Waals surface area (Å²) in [5.74, 6) is 0.987. The lowest BCUT2D eigenvalue weighted by Gasteiger charge is -2.35. The molecule has 0 spiro atoms. The van der Waals surface area contributed by atoms with Crippen molar-refractivity contribution >= 4 is 22.7 Å². The first-order valence-electron chi connectivity index (χ1n) is 7.11. The van der Waals surface area contributed by atoms with Crippen LogP contribution in [0.25, 0.3) is 11.0 Å². The number of aromatic nitrogens is 2. The van der Waals surface area contributed by atoms with E-state index < -0.39 is 5.60 Å². The van der Waals surface area contributed by atoms with Gasteiger partial charge in [0, 0.05) is 39.6 Å². The SMILES string of the molecule is CN(CC1(O)CCOCC1)c1nc2ccccc2nc1N. The number of nitrogens with two attached hydrogens (primary N) is 1. The number of benzene rings is 1. The largest absolute Gasteiger partial charge is 0.388 e. The number of hydrogen-bond donors (Lipinski definition) is 2. The Morgan fingerprint density at radius 1 is 1.24 bits per heavy atom. The van der Waals surface area contributed by atoms with E-state index in [9.17, 15) is 5.11 Å². The normalized spacial score (nSPS) is 17.8. The van der Waals surface area contributed by atoms with Gasteiger partial charge in [-0.05, 0) is 12.1 Å². The van der Waals surface area contributed by atoms with Crippen molar-refractivity contribution in [2.24, 2.45) is 0 Å². The molecule has 1 fully saturated rings. The van der Waals surface area contributed by atoms with E-state index in [1.165, 1.54) is 0 Å².